The molecule has 4 heterocycles. The van der Waals surface area contributed by atoms with Crippen LogP contribution in [-0.2, 0) is 9.53 Å². The predicted molar refractivity (Wildman–Crippen MR) is 145 cm³/mol. The van der Waals surface area contributed by atoms with Crippen molar-refractivity contribution >= 4 is 39.7 Å². The van der Waals surface area contributed by atoms with Crippen LogP contribution < -0.4 is 10.1 Å². The first-order valence-corrected chi connectivity index (χ1v) is 13.2. The van der Waals surface area contributed by atoms with Crippen LogP contribution in [0, 0.1) is 12.8 Å². The van der Waals surface area contributed by atoms with E-state index in [4.69, 9.17) is 18.9 Å². The Kier molecular flexibility index (Phi) is 6.12. The second kappa shape index (κ2) is 9.52. The number of aromatic nitrogens is 3. The van der Waals surface area contributed by atoms with E-state index in [1.54, 1.807) is 17.3 Å². The Labute approximate surface area is 225 Å². The second-order valence-electron chi connectivity index (χ2n) is 11.2. The van der Waals surface area contributed by atoms with Crippen LogP contribution in [0.5, 0.6) is 5.75 Å². The fraction of sp³-hybridized carbons (Fsp3) is 0.414. The smallest absolute Gasteiger partial charge is 0.410 e. The van der Waals surface area contributed by atoms with E-state index >= 15 is 0 Å². The van der Waals surface area contributed by atoms with E-state index in [2.05, 4.69) is 15.3 Å². The SMILES string of the molecule is Cc1ncc(-c2nc3cc(OC4CCN(C(=O)OC(C)(C)C)C4)ccc3o2)c2cc(NC(=O)C3CC3)ncc12. The molecule has 1 unspecified atom stereocenters. The van der Waals surface area contributed by atoms with E-state index in [1.807, 2.05) is 52.0 Å². The number of aryl methyl sites for hydroxylation is 1. The number of hydrogen-bond donors (Lipinski definition) is 1. The van der Waals surface area contributed by atoms with Gasteiger partial charge in [0.1, 0.15) is 28.8 Å². The van der Waals surface area contributed by atoms with Crippen molar-refractivity contribution in [2.45, 2.75) is 58.7 Å². The molecule has 1 saturated heterocycles. The molecule has 2 amide bonds. The summed E-state index contributed by atoms with van der Waals surface area (Å²) < 4.78 is 17.8. The van der Waals surface area contributed by atoms with Crippen molar-refractivity contribution in [3.8, 4) is 17.2 Å². The first-order chi connectivity index (χ1) is 18.6. The van der Waals surface area contributed by atoms with Gasteiger partial charge in [0.25, 0.3) is 0 Å². The Hall–Kier alpha value is -4.21. The summed E-state index contributed by atoms with van der Waals surface area (Å²) >= 11 is 0. The van der Waals surface area contributed by atoms with E-state index in [0.29, 0.717) is 47.2 Å². The maximum Gasteiger partial charge on any atom is 0.410 e. The fourth-order valence-electron chi connectivity index (χ4n) is 4.68. The van der Waals surface area contributed by atoms with Gasteiger partial charge in [-0.25, -0.2) is 14.8 Å². The van der Waals surface area contributed by atoms with Gasteiger partial charge in [-0.3, -0.25) is 9.78 Å². The molecule has 1 atom stereocenters. The van der Waals surface area contributed by atoms with Crippen LogP contribution in [0.15, 0.2) is 41.1 Å². The summed E-state index contributed by atoms with van der Waals surface area (Å²) in [6.45, 7) is 8.53. The van der Waals surface area contributed by atoms with Crippen LogP contribution in [0.3, 0.4) is 0 Å². The maximum absolute atomic E-state index is 12.4. The number of anilines is 1. The van der Waals surface area contributed by atoms with E-state index in [0.717, 1.165) is 35.7 Å². The zero-order valence-corrected chi connectivity index (χ0v) is 22.5. The second-order valence-corrected chi connectivity index (χ2v) is 11.2. The molecule has 1 aromatic carbocycles. The van der Waals surface area contributed by atoms with Gasteiger partial charge in [0, 0.05) is 53.8 Å². The predicted octanol–water partition coefficient (Wildman–Crippen LogP) is 5.48. The molecule has 2 aliphatic rings. The third kappa shape index (κ3) is 5.36. The van der Waals surface area contributed by atoms with Crippen molar-refractivity contribution in [3.05, 3.63) is 42.4 Å². The zero-order chi connectivity index (χ0) is 27.3. The average Bonchev–Trinajstić information content (AvgIpc) is 3.49. The molecular formula is C29H31N5O5. The van der Waals surface area contributed by atoms with Crippen LogP contribution in [0.25, 0.3) is 33.3 Å². The first kappa shape index (κ1) is 25.1. The number of likely N-dealkylation sites (tertiary alicyclic amines) is 1. The number of nitrogens with zero attached hydrogens (tertiary/aromatic N) is 4. The molecule has 202 valence electrons. The highest BCUT2D eigenvalue weighted by Gasteiger charge is 2.31. The third-order valence-electron chi connectivity index (χ3n) is 6.86. The van der Waals surface area contributed by atoms with E-state index in [9.17, 15) is 9.59 Å². The van der Waals surface area contributed by atoms with Gasteiger partial charge in [-0.05, 0) is 58.7 Å². The van der Waals surface area contributed by atoms with Crippen molar-refractivity contribution in [2.75, 3.05) is 18.4 Å². The number of nitrogens with one attached hydrogen (secondary N) is 1. The summed E-state index contributed by atoms with van der Waals surface area (Å²) in [5.74, 6) is 1.65. The van der Waals surface area contributed by atoms with Gasteiger partial charge in [0.05, 0.1) is 12.1 Å². The number of oxazole rings is 1. The normalized spacial score (nSPS) is 17.5. The van der Waals surface area contributed by atoms with E-state index < -0.39 is 5.60 Å². The summed E-state index contributed by atoms with van der Waals surface area (Å²) in [6.07, 6.45) is 5.56. The highest BCUT2D eigenvalue weighted by Crippen LogP contribution is 2.34. The topological polar surface area (TPSA) is 120 Å². The van der Waals surface area contributed by atoms with E-state index in [-0.39, 0.29) is 24.0 Å². The number of benzene rings is 1. The summed E-state index contributed by atoms with van der Waals surface area (Å²) in [5.41, 5.74) is 2.26. The molecule has 0 radical (unpaired) electrons. The van der Waals surface area contributed by atoms with Crippen molar-refractivity contribution in [1.82, 2.24) is 19.9 Å². The van der Waals surface area contributed by atoms with Gasteiger partial charge >= 0.3 is 6.09 Å². The maximum atomic E-state index is 12.4. The molecule has 4 aromatic rings. The van der Waals surface area contributed by atoms with Crippen molar-refractivity contribution in [3.63, 3.8) is 0 Å². The van der Waals surface area contributed by atoms with Crippen LogP contribution in [0.1, 0.15) is 45.7 Å². The minimum atomic E-state index is -0.535. The number of ether oxygens (including phenoxy) is 2. The Balaban J connectivity index is 1.23. The molecule has 3 aromatic heterocycles. The highest BCUT2D eigenvalue weighted by molar-refractivity contribution is 6.00. The Morgan fingerprint density at radius 3 is 2.67 bits per heavy atom. The van der Waals surface area contributed by atoms with Gasteiger partial charge in [0.15, 0.2) is 5.58 Å². The molecule has 1 aliphatic carbocycles. The van der Waals surface area contributed by atoms with E-state index in [1.165, 1.54) is 0 Å². The lowest BCUT2D eigenvalue weighted by Gasteiger charge is -2.24. The first-order valence-electron chi connectivity index (χ1n) is 13.2. The van der Waals surface area contributed by atoms with Crippen LogP contribution >= 0.6 is 0 Å². The molecule has 1 aliphatic heterocycles. The van der Waals surface area contributed by atoms with Crippen LogP contribution in [0.4, 0.5) is 10.6 Å². The lowest BCUT2D eigenvalue weighted by molar-refractivity contribution is -0.117. The highest BCUT2D eigenvalue weighted by atomic mass is 16.6. The Morgan fingerprint density at radius 2 is 1.90 bits per heavy atom. The molecule has 10 nitrogen and oxygen atoms in total. The van der Waals surface area contributed by atoms with Gasteiger partial charge in [-0.15, -0.1) is 0 Å². The molecule has 1 saturated carbocycles. The van der Waals surface area contributed by atoms with Crippen LogP contribution in [-0.4, -0.2) is 56.6 Å². The standard InChI is InChI=1S/C29H31N5O5/c1-16-21-13-31-25(33-26(35)17-5-6-17)12-20(21)22(14-30-16)27-32-23-11-18(7-8-24(23)38-27)37-19-9-10-34(15-19)28(36)39-29(2,3)4/h7-8,11-14,17,19H,5-6,9-10,15H2,1-4H3,(H,31,33,35). The quantitative estimate of drug-likeness (QED) is 0.361. The summed E-state index contributed by atoms with van der Waals surface area (Å²) in [6, 6.07) is 7.35. The fourth-order valence-corrected chi connectivity index (χ4v) is 4.68. The minimum absolute atomic E-state index is 0.0000439. The molecular weight excluding hydrogens is 498 g/mol. The Bertz CT molecular complexity index is 1590. The van der Waals surface area contributed by atoms with Gasteiger partial charge in [-0.2, -0.15) is 0 Å². The molecule has 39 heavy (non-hydrogen) atoms. The number of pyridine rings is 2. The number of carbonyl (C=O) groups is 2. The largest absolute Gasteiger partial charge is 0.488 e. The van der Waals surface area contributed by atoms with Gasteiger partial charge in [-0.1, -0.05) is 0 Å². The minimum Gasteiger partial charge on any atom is -0.488 e. The number of amides is 2. The number of rotatable bonds is 5. The average molecular weight is 530 g/mol. The Morgan fingerprint density at radius 1 is 1.08 bits per heavy atom. The number of fused-ring (bicyclic) bond motifs is 2. The van der Waals surface area contributed by atoms with Crippen LogP contribution in [0.2, 0.25) is 0 Å². The number of carbonyl (C=O) groups excluding carboxylic acids is 2. The number of hydrogen-bond acceptors (Lipinski definition) is 8. The third-order valence-corrected chi connectivity index (χ3v) is 6.86. The summed E-state index contributed by atoms with van der Waals surface area (Å²) in [5, 5.41) is 4.62. The van der Waals surface area contributed by atoms with Crippen molar-refractivity contribution < 1.29 is 23.5 Å². The van der Waals surface area contributed by atoms with Gasteiger partial charge < -0.3 is 24.1 Å². The summed E-state index contributed by atoms with van der Waals surface area (Å²) in [7, 11) is 0. The van der Waals surface area contributed by atoms with Crippen molar-refractivity contribution in [1.29, 1.82) is 0 Å². The molecule has 2 fully saturated rings. The summed E-state index contributed by atoms with van der Waals surface area (Å²) in [4.78, 5) is 40.0. The van der Waals surface area contributed by atoms with Gasteiger partial charge in [0.2, 0.25) is 11.8 Å². The lowest BCUT2D eigenvalue weighted by Crippen LogP contribution is -2.36. The van der Waals surface area contributed by atoms with Crippen molar-refractivity contribution in [2.24, 2.45) is 5.92 Å². The lowest BCUT2D eigenvalue weighted by atomic mass is 10.1. The molecule has 6 rings (SSSR count). The molecule has 0 spiro atoms. The molecule has 0 bridgehead atoms. The molecule has 1 N–H and O–H groups in total. The monoisotopic (exact) mass is 529 g/mol. The molecule has 10 heteroatoms. The zero-order valence-electron chi connectivity index (χ0n) is 22.5.